The number of carbonyl (C=O) groups is 1. The van der Waals surface area contributed by atoms with E-state index in [1.54, 1.807) is 11.8 Å². The van der Waals surface area contributed by atoms with Crippen molar-refractivity contribution in [2.24, 2.45) is 5.73 Å². The molecule has 4 nitrogen and oxygen atoms in total. The highest BCUT2D eigenvalue weighted by Gasteiger charge is 2.10. The van der Waals surface area contributed by atoms with Crippen molar-refractivity contribution in [2.45, 2.75) is 19.9 Å². The summed E-state index contributed by atoms with van der Waals surface area (Å²) in [5.74, 6) is 0.527. The predicted octanol–water partition coefficient (Wildman–Crippen LogP) is 0.473. The van der Waals surface area contributed by atoms with Crippen LogP contribution in [0.1, 0.15) is 13.8 Å². The second-order valence-electron chi connectivity index (χ2n) is 3.05. The van der Waals surface area contributed by atoms with Crippen molar-refractivity contribution >= 4 is 17.7 Å². The van der Waals surface area contributed by atoms with E-state index in [2.05, 4.69) is 18.7 Å². The first-order valence-corrected chi connectivity index (χ1v) is 6.05. The molecule has 0 aromatic heterocycles. The van der Waals surface area contributed by atoms with Crippen LogP contribution < -0.4 is 5.73 Å². The Morgan fingerprint density at radius 2 is 2.07 bits per heavy atom. The maximum absolute atomic E-state index is 10.4. The van der Waals surface area contributed by atoms with Gasteiger partial charge in [0.2, 0.25) is 0 Å². The van der Waals surface area contributed by atoms with E-state index in [-0.39, 0.29) is 0 Å². The number of nitrogens with zero attached hydrogens (tertiary/aromatic N) is 1. The SMILES string of the molecule is CCN(CC)CCSC[C@@H](N)C(=O)O. The Hall–Kier alpha value is -0.260. The molecule has 0 bridgehead atoms. The molecule has 0 aliphatic rings. The fourth-order valence-corrected chi connectivity index (χ4v) is 1.97. The molecule has 0 radical (unpaired) electrons. The van der Waals surface area contributed by atoms with Crippen LogP contribution >= 0.6 is 11.8 Å². The van der Waals surface area contributed by atoms with Crippen molar-refractivity contribution in [1.82, 2.24) is 4.90 Å². The average molecular weight is 220 g/mol. The number of carboxylic acids is 1. The van der Waals surface area contributed by atoms with Gasteiger partial charge in [0.15, 0.2) is 0 Å². The van der Waals surface area contributed by atoms with Gasteiger partial charge in [0.1, 0.15) is 6.04 Å². The van der Waals surface area contributed by atoms with Gasteiger partial charge < -0.3 is 15.7 Å². The number of hydrogen-bond acceptors (Lipinski definition) is 4. The minimum absolute atomic E-state index is 0.497. The first-order valence-electron chi connectivity index (χ1n) is 4.90. The Labute approximate surface area is 89.8 Å². The lowest BCUT2D eigenvalue weighted by molar-refractivity contribution is -0.137. The van der Waals surface area contributed by atoms with Gasteiger partial charge in [-0.25, -0.2) is 0 Å². The van der Waals surface area contributed by atoms with Crippen LogP contribution in [-0.4, -0.2) is 53.2 Å². The van der Waals surface area contributed by atoms with Crippen LogP contribution in [0, 0.1) is 0 Å². The third kappa shape index (κ3) is 6.23. The number of hydrogen-bond donors (Lipinski definition) is 2. The number of nitrogens with two attached hydrogens (primary N) is 1. The van der Waals surface area contributed by atoms with Crippen molar-refractivity contribution in [2.75, 3.05) is 31.1 Å². The van der Waals surface area contributed by atoms with Gasteiger partial charge in [0.05, 0.1) is 0 Å². The molecule has 0 saturated carbocycles. The zero-order valence-corrected chi connectivity index (χ0v) is 9.72. The normalized spacial score (nSPS) is 13.1. The predicted molar refractivity (Wildman–Crippen MR) is 60.7 cm³/mol. The fraction of sp³-hybridized carbons (Fsp3) is 0.889. The van der Waals surface area contributed by atoms with Crippen LogP contribution in [0.15, 0.2) is 0 Å². The van der Waals surface area contributed by atoms with Crippen LogP contribution in [0.25, 0.3) is 0 Å². The molecule has 1 atom stereocenters. The lowest BCUT2D eigenvalue weighted by Crippen LogP contribution is -2.33. The summed E-state index contributed by atoms with van der Waals surface area (Å²) in [6.07, 6.45) is 0. The Bertz CT molecular complexity index is 163. The summed E-state index contributed by atoms with van der Waals surface area (Å²) < 4.78 is 0. The van der Waals surface area contributed by atoms with Crippen molar-refractivity contribution in [3.63, 3.8) is 0 Å². The molecule has 0 saturated heterocycles. The van der Waals surface area contributed by atoms with E-state index in [4.69, 9.17) is 10.8 Å². The quantitative estimate of drug-likeness (QED) is 0.582. The summed E-state index contributed by atoms with van der Waals surface area (Å²) in [6.45, 7) is 7.34. The lowest BCUT2D eigenvalue weighted by Gasteiger charge is -2.17. The van der Waals surface area contributed by atoms with E-state index >= 15 is 0 Å². The topological polar surface area (TPSA) is 66.6 Å². The maximum atomic E-state index is 10.4. The Morgan fingerprint density at radius 3 is 2.50 bits per heavy atom. The number of rotatable bonds is 8. The number of carboxylic acid groups (broad SMARTS) is 1. The highest BCUT2D eigenvalue weighted by atomic mass is 32.2. The summed E-state index contributed by atoms with van der Waals surface area (Å²) in [4.78, 5) is 12.7. The molecule has 3 N–H and O–H groups in total. The van der Waals surface area contributed by atoms with Gasteiger partial charge in [-0.05, 0) is 13.1 Å². The number of thioether (sulfide) groups is 1. The summed E-state index contributed by atoms with van der Waals surface area (Å²) >= 11 is 1.60. The molecular formula is C9H20N2O2S. The standard InChI is InChI=1S/C9H20N2O2S/c1-3-11(4-2)5-6-14-7-8(10)9(12)13/h8H,3-7,10H2,1-2H3,(H,12,13)/t8-/m1/s1. The van der Waals surface area contributed by atoms with Crippen molar-refractivity contribution in [1.29, 1.82) is 0 Å². The Balaban J connectivity index is 3.41. The molecule has 84 valence electrons. The minimum atomic E-state index is -0.916. The van der Waals surface area contributed by atoms with Gasteiger partial charge in [-0.3, -0.25) is 4.79 Å². The molecule has 0 aliphatic carbocycles. The van der Waals surface area contributed by atoms with E-state index in [0.717, 1.165) is 25.4 Å². The van der Waals surface area contributed by atoms with Gasteiger partial charge in [0.25, 0.3) is 0 Å². The molecule has 0 rings (SSSR count). The van der Waals surface area contributed by atoms with Gasteiger partial charge in [-0.15, -0.1) is 0 Å². The van der Waals surface area contributed by atoms with Crippen LogP contribution in [0.4, 0.5) is 0 Å². The molecule has 0 aliphatic heterocycles. The highest BCUT2D eigenvalue weighted by Crippen LogP contribution is 2.02. The Kier molecular flexibility index (Phi) is 7.93. The molecular weight excluding hydrogens is 200 g/mol. The van der Waals surface area contributed by atoms with Crippen LogP contribution in [0.5, 0.6) is 0 Å². The van der Waals surface area contributed by atoms with E-state index in [1.807, 2.05) is 0 Å². The molecule has 0 amide bonds. The monoisotopic (exact) mass is 220 g/mol. The first kappa shape index (κ1) is 13.7. The largest absolute Gasteiger partial charge is 0.480 e. The second-order valence-corrected chi connectivity index (χ2v) is 4.20. The van der Waals surface area contributed by atoms with Gasteiger partial charge in [-0.1, -0.05) is 13.8 Å². The summed E-state index contributed by atoms with van der Waals surface area (Å²) in [5, 5.41) is 8.53. The molecule has 5 heteroatoms. The fourth-order valence-electron chi connectivity index (χ4n) is 1.02. The van der Waals surface area contributed by atoms with Crippen molar-refractivity contribution in [3.8, 4) is 0 Å². The zero-order chi connectivity index (χ0) is 11.0. The summed E-state index contributed by atoms with van der Waals surface area (Å²) in [5.41, 5.74) is 5.36. The minimum Gasteiger partial charge on any atom is -0.480 e. The van der Waals surface area contributed by atoms with Gasteiger partial charge >= 0.3 is 5.97 Å². The van der Waals surface area contributed by atoms with Gasteiger partial charge in [0, 0.05) is 18.1 Å². The van der Waals surface area contributed by atoms with Crippen LogP contribution in [0.3, 0.4) is 0 Å². The highest BCUT2D eigenvalue weighted by molar-refractivity contribution is 7.99. The van der Waals surface area contributed by atoms with Crippen molar-refractivity contribution < 1.29 is 9.90 Å². The third-order valence-corrected chi connectivity index (χ3v) is 3.13. The molecule has 14 heavy (non-hydrogen) atoms. The molecule has 0 spiro atoms. The maximum Gasteiger partial charge on any atom is 0.321 e. The van der Waals surface area contributed by atoms with E-state index in [1.165, 1.54) is 0 Å². The third-order valence-electron chi connectivity index (χ3n) is 2.06. The van der Waals surface area contributed by atoms with E-state index in [0.29, 0.717) is 5.75 Å². The average Bonchev–Trinajstić information content (AvgIpc) is 2.17. The molecule has 0 aromatic rings. The number of aliphatic carboxylic acids is 1. The molecule has 0 unspecified atom stereocenters. The van der Waals surface area contributed by atoms with Crippen molar-refractivity contribution in [3.05, 3.63) is 0 Å². The molecule has 0 heterocycles. The lowest BCUT2D eigenvalue weighted by atomic mass is 10.4. The van der Waals surface area contributed by atoms with E-state index in [9.17, 15) is 4.79 Å². The van der Waals surface area contributed by atoms with E-state index < -0.39 is 12.0 Å². The first-order chi connectivity index (χ1) is 6.61. The smallest absolute Gasteiger partial charge is 0.321 e. The molecule has 0 fully saturated rings. The van der Waals surface area contributed by atoms with Crippen LogP contribution in [0.2, 0.25) is 0 Å². The molecule has 0 aromatic carbocycles. The summed E-state index contributed by atoms with van der Waals surface area (Å²) in [7, 11) is 0. The second kappa shape index (κ2) is 8.08. The van der Waals surface area contributed by atoms with Gasteiger partial charge in [-0.2, -0.15) is 11.8 Å². The Morgan fingerprint density at radius 1 is 1.50 bits per heavy atom. The zero-order valence-electron chi connectivity index (χ0n) is 8.90. The summed E-state index contributed by atoms with van der Waals surface area (Å²) in [6, 6.07) is -0.725. The van der Waals surface area contributed by atoms with Crippen LogP contribution in [-0.2, 0) is 4.79 Å².